The van der Waals surface area contributed by atoms with Gasteiger partial charge in [-0.3, -0.25) is 15.1 Å². The van der Waals surface area contributed by atoms with Crippen molar-refractivity contribution in [3.8, 4) is 5.75 Å². The Hall–Kier alpha value is -1.47. The summed E-state index contributed by atoms with van der Waals surface area (Å²) < 4.78 is 5.38. The first-order chi connectivity index (χ1) is 12.3. The van der Waals surface area contributed by atoms with E-state index in [1.54, 1.807) is 25.9 Å². The molecule has 1 amide bonds. The van der Waals surface area contributed by atoms with Crippen molar-refractivity contribution < 1.29 is 9.53 Å². The maximum Gasteiger partial charge on any atom is 0.242 e. The molecule has 4 rings (SSSR count). The van der Waals surface area contributed by atoms with Crippen LogP contribution in [-0.4, -0.2) is 47.0 Å². The lowest BCUT2D eigenvalue weighted by atomic mass is 9.64. The van der Waals surface area contributed by atoms with Crippen LogP contribution in [0.5, 0.6) is 5.75 Å². The van der Waals surface area contributed by atoms with Gasteiger partial charge in [-0.1, -0.05) is 28.1 Å². The molecule has 0 radical (unpaired) electrons. The van der Waals surface area contributed by atoms with E-state index in [-0.39, 0.29) is 11.9 Å². The van der Waals surface area contributed by atoms with Gasteiger partial charge in [0.2, 0.25) is 5.91 Å². The van der Waals surface area contributed by atoms with Crippen molar-refractivity contribution in [1.82, 2.24) is 10.2 Å². The molecule has 0 aromatic heterocycles. The topological polar surface area (TPSA) is 65.4 Å². The Morgan fingerprint density at radius 1 is 1.46 bits per heavy atom. The maximum atomic E-state index is 13.6. The number of aryl methyl sites for hydroxylation is 1. The van der Waals surface area contributed by atoms with Crippen LogP contribution in [-0.2, 0) is 16.6 Å². The van der Waals surface area contributed by atoms with E-state index in [0.29, 0.717) is 4.83 Å². The van der Waals surface area contributed by atoms with E-state index in [9.17, 15) is 4.79 Å². The number of fused-ring (bicyclic) bond motifs is 2. The Bertz CT molecular complexity index is 842. The van der Waals surface area contributed by atoms with E-state index in [0.717, 1.165) is 40.4 Å². The fourth-order valence-corrected chi connectivity index (χ4v) is 6.61. The van der Waals surface area contributed by atoms with Gasteiger partial charge in [0.15, 0.2) is 5.96 Å². The lowest BCUT2D eigenvalue weighted by Gasteiger charge is -2.53. The van der Waals surface area contributed by atoms with E-state index < -0.39 is 11.0 Å². The molecule has 2 aliphatic heterocycles. The number of hydrogen-bond donors (Lipinski definition) is 2. The smallest absolute Gasteiger partial charge is 0.242 e. The van der Waals surface area contributed by atoms with Gasteiger partial charge >= 0.3 is 0 Å². The largest absolute Gasteiger partial charge is 0.497 e. The molecular formula is C19H22BrN3O2S. The molecule has 1 aromatic rings. The predicted octanol–water partition coefficient (Wildman–Crippen LogP) is 3.03. The molecule has 1 aromatic carbocycles. The molecule has 0 saturated carbocycles. The number of nitrogens with one attached hydrogen (secondary N) is 2. The van der Waals surface area contributed by atoms with Crippen molar-refractivity contribution in [2.75, 3.05) is 19.9 Å². The summed E-state index contributed by atoms with van der Waals surface area (Å²) in [6, 6.07) is 6.01. The van der Waals surface area contributed by atoms with Gasteiger partial charge < -0.3 is 10.1 Å². The second-order valence-corrected chi connectivity index (χ2v) is 9.49. The van der Waals surface area contributed by atoms with Gasteiger partial charge in [0, 0.05) is 22.5 Å². The highest BCUT2D eigenvalue weighted by atomic mass is 79.9. The summed E-state index contributed by atoms with van der Waals surface area (Å²) in [5.41, 5.74) is 0.855. The molecule has 1 saturated heterocycles. The molecule has 138 valence electrons. The SMILES string of the molecule is COc1ccc2c(c1)CC[C@]21C(=O)N(C)C(=N)N[C@]1(C)C1=CC(Br)CS1. The Balaban J connectivity index is 1.93. The number of nitrogens with zero attached hydrogens (tertiary/aromatic N) is 1. The zero-order chi connectivity index (χ0) is 18.7. The van der Waals surface area contributed by atoms with Crippen molar-refractivity contribution in [1.29, 1.82) is 5.41 Å². The van der Waals surface area contributed by atoms with E-state index in [1.807, 2.05) is 18.2 Å². The molecule has 2 N–H and O–H groups in total. The lowest BCUT2D eigenvalue weighted by Crippen LogP contribution is -2.73. The number of carbonyl (C=O) groups is 1. The molecule has 2 heterocycles. The zero-order valence-electron chi connectivity index (χ0n) is 15.1. The monoisotopic (exact) mass is 435 g/mol. The molecule has 1 fully saturated rings. The fraction of sp³-hybridized carbons (Fsp3) is 0.474. The molecule has 7 heteroatoms. The first-order valence-corrected chi connectivity index (χ1v) is 10.5. The van der Waals surface area contributed by atoms with Crippen molar-refractivity contribution >= 4 is 39.6 Å². The minimum absolute atomic E-state index is 0.00723. The number of likely N-dealkylation sites (N-methyl/N-ethyl adjacent to an activating group) is 1. The normalized spacial score (nSPS) is 33.3. The number of hydrogen-bond acceptors (Lipinski definition) is 4. The van der Waals surface area contributed by atoms with E-state index in [4.69, 9.17) is 10.1 Å². The Morgan fingerprint density at radius 3 is 2.88 bits per heavy atom. The molecule has 3 atom stereocenters. The molecule has 1 aliphatic carbocycles. The van der Waals surface area contributed by atoms with Gasteiger partial charge in [-0.25, -0.2) is 0 Å². The predicted molar refractivity (Wildman–Crippen MR) is 108 cm³/mol. The Morgan fingerprint density at radius 2 is 2.23 bits per heavy atom. The molecule has 1 spiro atoms. The van der Waals surface area contributed by atoms with Crippen molar-refractivity contribution in [2.24, 2.45) is 0 Å². The summed E-state index contributed by atoms with van der Waals surface area (Å²) in [7, 11) is 3.35. The van der Waals surface area contributed by atoms with Crippen molar-refractivity contribution in [3.05, 3.63) is 40.3 Å². The van der Waals surface area contributed by atoms with Gasteiger partial charge in [-0.05, 0) is 43.0 Å². The number of alkyl halides is 1. The third-order valence-electron chi connectivity index (χ3n) is 5.99. The fourth-order valence-electron chi connectivity index (χ4n) is 4.56. The van der Waals surface area contributed by atoms with Crippen LogP contribution in [0.1, 0.15) is 24.5 Å². The second kappa shape index (κ2) is 6.02. The highest BCUT2D eigenvalue weighted by Gasteiger charge is 2.64. The van der Waals surface area contributed by atoms with E-state index >= 15 is 0 Å². The van der Waals surface area contributed by atoms with Crippen LogP contribution in [0.4, 0.5) is 0 Å². The molecular weight excluding hydrogens is 414 g/mol. The summed E-state index contributed by atoms with van der Waals surface area (Å²) in [5.74, 6) is 1.90. The number of carbonyl (C=O) groups excluding carboxylic acids is 1. The molecule has 0 bridgehead atoms. The van der Waals surface area contributed by atoms with Crippen LogP contribution in [0.25, 0.3) is 0 Å². The van der Waals surface area contributed by atoms with E-state index in [2.05, 4.69) is 34.2 Å². The highest BCUT2D eigenvalue weighted by molar-refractivity contribution is 9.09. The average molecular weight is 436 g/mol. The Labute approximate surface area is 166 Å². The number of methoxy groups -OCH3 is 1. The summed E-state index contributed by atoms with van der Waals surface area (Å²) in [6.07, 6.45) is 3.74. The number of ether oxygens (including phenoxy) is 1. The van der Waals surface area contributed by atoms with Crippen molar-refractivity contribution in [3.63, 3.8) is 0 Å². The van der Waals surface area contributed by atoms with Crippen LogP contribution in [0.3, 0.4) is 0 Å². The number of benzene rings is 1. The van der Waals surface area contributed by atoms with E-state index in [1.165, 1.54) is 4.90 Å². The second-order valence-electron chi connectivity index (χ2n) is 7.25. The van der Waals surface area contributed by atoms with Crippen molar-refractivity contribution in [2.45, 2.75) is 35.5 Å². The van der Waals surface area contributed by atoms with Gasteiger partial charge in [-0.2, -0.15) is 0 Å². The first kappa shape index (κ1) is 17.9. The first-order valence-electron chi connectivity index (χ1n) is 8.65. The average Bonchev–Trinajstić information content (AvgIpc) is 3.23. The van der Waals surface area contributed by atoms with Crippen LogP contribution in [0.15, 0.2) is 29.2 Å². The maximum absolute atomic E-state index is 13.6. The van der Waals surface area contributed by atoms with Gasteiger partial charge in [0.25, 0.3) is 0 Å². The summed E-state index contributed by atoms with van der Waals surface area (Å²) >= 11 is 5.43. The van der Waals surface area contributed by atoms with Gasteiger partial charge in [0.05, 0.1) is 12.6 Å². The number of rotatable bonds is 2. The highest BCUT2D eigenvalue weighted by Crippen LogP contribution is 2.55. The number of amides is 1. The number of allylic oxidation sites excluding steroid dienone is 1. The third kappa shape index (κ3) is 2.22. The number of halogens is 1. The molecule has 1 unspecified atom stereocenters. The summed E-state index contributed by atoms with van der Waals surface area (Å²) in [4.78, 5) is 16.5. The van der Waals surface area contributed by atoms with Crippen LogP contribution >= 0.6 is 27.7 Å². The minimum Gasteiger partial charge on any atom is -0.497 e. The van der Waals surface area contributed by atoms with Crippen LogP contribution < -0.4 is 10.1 Å². The standard InChI is InChI=1S/C19H22BrN3O2S/c1-18(15-9-12(20)10-26-15)19(16(24)23(2)17(21)22-18)7-6-11-8-13(25-3)4-5-14(11)19/h4-5,8-9,12H,6-7,10H2,1-3H3,(H2,21,22)/t12?,18-,19-/m1/s1. The summed E-state index contributed by atoms with van der Waals surface area (Å²) in [5, 5.41) is 11.7. The number of thioether (sulfide) groups is 1. The quantitative estimate of drug-likeness (QED) is 0.700. The van der Waals surface area contributed by atoms with Gasteiger partial charge in [0.1, 0.15) is 11.2 Å². The Kier molecular flexibility index (Phi) is 4.15. The molecule has 3 aliphatic rings. The summed E-state index contributed by atoms with van der Waals surface area (Å²) in [6.45, 7) is 2.08. The zero-order valence-corrected chi connectivity index (χ0v) is 17.5. The van der Waals surface area contributed by atoms with Crippen LogP contribution in [0, 0.1) is 5.41 Å². The number of guanidine groups is 1. The van der Waals surface area contributed by atoms with Gasteiger partial charge in [-0.15, -0.1) is 11.8 Å². The molecule has 5 nitrogen and oxygen atoms in total. The third-order valence-corrected chi connectivity index (χ3v) is 8.39. The van der Waals surface area contributed by atoms with Crippen LogP contribution in [0.2, 0.25) is 0 Å². The lowest BCUT2D eigenvalue weighted by molar-refractivity contribution is -0.136. The molecule has 26 heavy (non-hydrogen) atoms. The minimum atomic E-state index is -0.718.